The number of rotatable bonds is 8. The van der Waals surface area contributed by atoms with Crippen LogP contribution in [0.2, 0.25) is 0 Å². The molecule has 1 aromatic rings. The summed E-state index contributed by atoms with van der Waals surface area (Å²) in [6, 6.07) is 0. The summed E-state index contributed by atoms with van der Waals surface area (Å²) in [4.78, 5) is 15.7. The molecule has 1 N–H and O–H groups in total. The van der Waals surface area contributed by atoms with E-state index in [4.69, 9.17) is 9.47 Å². The average molecular weight is 258 g/mol. The fourth-order valence-corrected chi connectivity index (χ4v) is 1.77. The summed E-state index contributed by atoms with van der Waals surface area (Å²) in [7, 11) is 1.64. The van der Waals surface area contributed by atoms with Crippen LogP contribution in [-0.4, -0.2) is 44.4 Å². The first-order chi connectivity index (χ1) is 8.24. The summed E-state index contributed by atoms with van der Waals surface area (Å²) in [5, 5.41) is 5.46. The molecule has 1 aromatic heterocycles. The van der Waals surface area contributed by atoms with Gasteiger partial charge in [0.2, 0.25) is 0 Å². The predicted octanol–water partition coefficient (Wildman–Crippen LogP) is 1.23. The molecule has 0 spiro atoms. The minimum absolute atomic E-state index is 0.119. The first-order valence-corrected chi connectivity index (χ1v) is 6.39. The fraction of sp³-hybridized carbons (Fsp3) is 0.636. The van der Waals surface area contributed by atoms with Gasteiger partial charge in [-0.05, 0) is 13.3 Å². The SMILES string of the molecule is COCCOCCCNC(=O)c1csc(C)n1. The minimum Gasteiger partial charge on any atom is -0.382 e. The molecule has 96 valence electrons. The Labute approximate surface area is 105 Å². The molecule has 0 radical (unpaired) electrons. The standard InChI is InChI=1S/C11H18N2O3S/c1-9-13-10(8-17-9)11(14)12-4-3-5-16-7-6-15-2/h8H,3-7H2,1-2H3,(H,12,14). The quantitative estimate of drug-likeness (QED) is 0.713. The zero-order valence-corrected chi connectivity index (χ0v) is 11.0. The highest BCUT2D eigenvalue weighted by Gasteiger charge is 2.07. The van der Waals surface area contributed by atoms with E-state index in [1.807, 2.05) is 6.92 Å². The van der Waals surface area contributed by atoms with Gasteiger partial charge in [0, 0.05) is 25.6 Å². The summed E-state index contributed by atoms with van der Waals surface area (Å²) in [6.45, 7) is 4.30. The van der Waals surface area contributed by atoms with Crippen LogP contribution in [0.1, 0.15) is 21.9 Å². The summed E-state index contributed by atoms with van der Waals surface area (Å²) < 4.78 is 10.1. The van der Waals surface area contributed by atoms with Gasteiger partial charge in [-0.15, -0.1) is 11.3 Å². The normalized spacial score (nSPS) is 10.5. The van der Waals surface area contributed by atoms with E-state index >= 15 is 0 Å². The molecule has 0 atom stereocenters. The number of carbonyl (C=O) groups is 1. The number of hydrogen-bond donors (Lipinski definition) is 1. The monoisotopic (exact) mass is 258 g/mol. The largest absolute Gasteiger partial charge is 0.382 e. The molecule has 0 bridgehead atoms. The van der Waals surface area contributed by atoms with E-state index in [0.717, 1.165) is 11.4 Å². The molecule has 0 aliphatic rings. The summed E-state index contributed by atoms with van der Waals surface area (Å²) in [5.41, 5.74) is 0.493. The van der Waals surface area contributed by atoms with Crippen molar-refractivity contribution in [3.05, 3.63) is 16.1 Å². The Kier molecular flexibility index (Phi) is 6.76. The second-order valence-corrected chi connectivity index (χ2v) is 4.53. The maximum absolute atomic E-state index is 11.6. The number of methoxy groups -OCH3 is 1. The molecular weight excluding hydrogens is 240 g/mol. The summed E-state index contributed by atoms with van der Waals surface area (Å²) in [5.74, 6) is -0.119. The van der Waals surface area contributed by atoms with Crippen LogP contribution in [0.25, 0.3) is 0 Å². The minimum atomic E-state index is -0.119. The highest BCUT2D eigenvalue weighted by atomic mass is 32.1. The maximum atomic E-state index is 11.6. The van der Waals surface area contributed by atoms with Crippen molar-refractivity contribution in [3.8, 4) is 0 Å². The number of ether oxygens (including phenoxy) is 2. The molecule has 1 heterocycles. The lowest BCUT2D eigenvalue weighted by Gasteiger charge is -2.04. The third-order valence-electron chi connectivity index (χ3n) is 2.03. The van der Waals surface area contributed by atoms with Crippen molar-refractivity contribution in [2.24, 2.45) is 0 Å². The molecule has 0 aliphatic heterocycles. The Morgan fingerprint density at radius 3 is 2.94 bits per heavy atom. The molecule has 1 rings (SSSR count). The number of nitrogens with one attached hydrogen (secondary N) is 1. The van der Waals surface area contributed by atoms with E-state index < -0.39 is 0 Å². The van der Waals surface area contributed by atoms with Gasteiger partial charge in [0.05, 0.1) is 18.2 Å². The number of aryl methyl sites for hydroxylation is 1. The number of thiazole rings is 1. The van der Waals surface area contributed by atoms with Gasteiger partial charge in [0.25, 0.3) is 5.91 Å². The molecule has 0 aliphatic carbocycles. The molecule has 0 aromatic carbocycles. The number of carbonyl (C=O) groups excluding carboxylic acids is 1. The lowest BCUT2D eigenvalue weighted by Crippen LogP contribution is -2.25. The second-order valence-electron chi connectivity index (χ2n) is 3.47. The van der Waals surface area contributed by atoms with Gasteiger partial charge in [-0.3, -0.25) is 4.79 Å². The zero-order chi connectivity index (χ0) is 12.5. The van der Waals surface area contributed by atoms with E-state index in [1.165, 1.54) is 11.3 Å². The van der Waals surface area contributed by atoms with Gasteiger partial charge in [-0.25, -0.2) is 4.98 Å². The van der Waals surface area contributed by atoms with Crippen molar-refractivity contribution in [1.82, 2.24) is 10.3 Å². The van der Waals surface area contributed by atoms with E-state index in [-0.39, 0.29) is 5.91 Å². The van der Waals surface area contributed by atoms with Crippen molar-refractivity contribution in [2.45, 2.75) is 13.3 Å². The average Bonchev–Trinajstić information content (AvgIpc) is 2.74. The fourth-order valence-electron chi connectivity index (χ4n) is 1.18. The maximum Gasteiger partial charge on any atom is 0.270 e. The van der Waals surface area contributed by atoms with Gasteiger partial charge in [-0.1, -0.05) is 0 Å². The van der Waals surface area contributed by atoms with Crippen LogP contribution >= 0.6 is 11.3 Å². The van der Waals surface area contributed by atoms with Crippen molar-refractivity contribution in [1.29, 1.82) is 0 Å². The Morgan fingerprint density at radius 1 is 1.47 bits per heavy atom. The predicted molar refractivity (Wildman–Crippen MR) is 66.5 cm³/mol. The van der Waals surface area contributed by atoms with Crippen LogP contribution < -0.4 is 5.32 Å². The molecule has 0 saturated heterocycles. The first-order valence-electron chi connectivity index (χ1n) is 5.51. The van der Waals surface area contributed by atoms with Gasteiger partial charge >= 0.3 is 0 Å². The van der Waals surface area contributed by atoms with E-state index in [0.29, 0.717) is 32.1 Å². The molecule has 6 heteroatoms. The molecule has 0 saturated carbocycles. The third-order valence-corrected chi connectivity index (χ3v) is 2.81. The van der Waals surface area contributed by atoms with Gasteiger partial charge in [0.1, 0.15) is 5.69 Å². The number of nitrogens with zero attached hydrogens (tertiary/aromatic N) is 1. The van der Waals surface area contributed by atoms with Gasteiger partial charge < -0.3 is 14.8 Å². The number of hydrogen-bond acceptors (Lipinski definition) is 5. The van der Waals surface area contributed by atoms with Crippen LogP contribution in [0.5, 0.6) is 0 Å². The number of aromatic nitrogens is 1. The van der Waals surface area contributed by atoms with Crippen LogP contribution in [0.3, 0.4) is 0 Å². The van der Waals surface area contributed by atoms with Gasteiger partial charge in [-0.2, -0.15) is 0 Å². The lowest BCUT2D eigenvalue weighted by molar-refractivity contribution is 0.0688. The molecule has 0 fully saturated rings. The Bertz CT molecular complexity index is 341. The van der Waals surface area contributed by atoms with Gasteiger partial charge in [0.15, 0.2) is 0 Å². The Balaban J connectivity index is 2.05. The topological polar surface area (TPSA) is 60.5 Å². The Morgan fingerprint density at radius 2 is 2.29 bits per heavy atom. The molecule has 17 heavy (non-hydrogen) atoms. The second kappa shape index (κ2) is 8.16. The molecule has 1 amide bonds. The van der Waals surface area contributed by atoms with Crippen LogP contribution in [0.15, 0.2) is 5.38 Å². The zero-order valence-electron chi connectivity index (χ0n) is 10.2. The Hall–Kier alpha value is -0.980. The van der Waals surface area contributed by atoms with Crippen molar-refractivity contribution in [3.63, 3.8) is 0 Å². The van der Waals surface area contributed by atoms with Crippen LogP contribution in [-0.2, 0) is 9.47 Å². The van der Waals surface area contributed by atoms with E-state index in [1.54, 1.807) is 12.5 Å². The lowest BCUT2D eigenvalue weighted by atomic mass is 10.4. The summed E-state index contributed by atoms with van der Waals surface area (Å²) >= 11 is 1.48. The highest BCUT2D eigenvalue weighted by molar-refractivity contribution is 7.09. The van der Waals surface area contributed by atoms with Crippen molar-refractivity contribution >= 4 is 17.2 Å². The molecular formula is C11H18N2O3S. The highest BCUT2D eigenvalue weighted by Crippen LogP contribution is 2.07. The molecule has 5 nitrogen and oxygen atoms in total. The summed E-state index contributed by atoms with van der Waals surface area (Å²) in [6.07, 6.45) is 0.790. The van der Waals surface area contributed by atoms with Crippen LogP contribution in [0.4, 0.5) is 0 Å². The molecule has 0 unspecified atom stereocenters. The first kappa shape index (κ1) is 14.1. The number of amides is 1. The van der Waals surface area contributed by atoms with E-state index in [9.17, 15) is 4.79 Å². The van der Waals surface area contributed by atoms with Crippen molar-refractivity contribution < 1.29 is 14.3 Å². The van der Waals surface area contributed by atoms with E-state index in [2.05, 4.69) is 10.3 Å². The third kappa shape index (κ3) is 5.76. The van der Waals surface area contributed by atoms with Crippen LogP contribution in [0, 0.1) is 6.92 Å². The van der Waals surface area contributed by atoms with Crippen molar-refractivity contribution in [2.75, 3.05) is 33.5 Å². The smallest absolute Gasteiger partial charge is 0.270 e.